The van der Waals surface area contributed by atoms with Gasteiger partial charge in [-0.05, 0) is 35.9 Å². The van der Waals surface area contributed by atoms with Gasteiger partial charge in [0.2, 0.25) is 0 Å². The van der Waals surface area contributed by atoms with Gasteiger partial charge < -0.3 is 4.74 Å². The fourth-order valence-corrected chi connectivity index (χ4v) is 3.15. The van der Waals surface area contributed by atoms with E-state index in [0.29, 0.717) is 15.5 Å². The average molecular weight is 355 g/mol. The summed E-state index contributed by atoms with van der Waals surface area (Å²) in [6, 6.07) is 14.2. The number of rotatable bonds is 4. The fraction of sp³-hybridized carbons (Fsp3) is 0.125. The van der Waals surface area contributed by atoms with Gasteiger partial charge in [-0.1, -0.05) is 30.3 Å². The Hall–Kier alpha value is -2.32. The van der Waals surface area contributed by atoms with Gasteiger partial charge in [0.1, 0.15) is 27.7 Å². The van der Waals surface area contributed by atoms with E-state index in [1.54, 1.807) is 30.3 Å². The maximum Gasteiger partial charge on any atom is 0.573 e. The van der Waals surface area contributed by atoms with Crippen molar-refractivity contribution in [3.63, 3.8) is 0 Å². The second-order valence-electron chi connectivity index (χ2n) is 4.87. The van der Waals surface area contributed by atoms with Gasteiger partial charge in [0, 0.05) is 4.90 Å². The lowest BCUT2D eigenvalue weighted by Crippen LogP contribution is -2.17. The zero-order valence-electron chi connectivity index (χ0n) is 12.1. The molecule has 4 nitrogen and oxygen atoms in total. The summed E-state index contributed by atoms with van der Waals surface area (Å²) in [6.45, 7) is 0. The van der Waals surface area contributed by atoms with Gasteiger partial charge in [0.15, 0.2) is 0 Å². The third-order valence-electron chi connectivity index (χ3n) is 3.19. The molecule has 126 valence electrons. The molecule has 1 N–H and O–H groups in total. The van der Waals surface area contributed by atoms with Crippen LogP contribution >= 0.6 is 0 Å². The van der Waals surface area contributed by atoms with E-state index in [1.165, 1.54) is 24.3 Å². The molecular weight excluding hydrogens is 343 g/mol. The van der Waals surface area contributed by atoms with Crippen molar-refractivity contribution in [1.29, 1.82) is 0 Å². The van der Waals surface area contributed by atoms with Crippen LogP contribution in [0.4, 0.5) is 13.2 Å². The van der Waals surface area contributed by atoms with Crippen molar-refractivity contribution in [2.24, 2.45) is 0 Å². The Morgan fingerprint density at radius 3 is 2.33 bits per heavy atom. The summed E-state index contributed by atoms with van der Waals surface area (Å²) in [5, 5.41) is 0.391. The maximum atomic E-state index is 12.4. The summed E-state index contributed by atoms with van der Waals surface area (Å²) in [4.78, 5) is 5.96. The van der Waals surface area contributed by atoms with Gasteiger partial charge >= 0.3 is 6.36 Å². The Morgan fingerprint density at radius 2 is 1.71 bits per heavy atom. The van der Waals surface area contributed by atoms with Crippen molar-refractivity contribution in [3.05, 3.63) is 71.3 Å². The van der Waals surface area contributed by atoms with Crippen LogP contribution in [0.1, 0.15) is 11.7 Å². The van der Waals surface area contributed by atoms with E-state index in [4.69, 9.17) is 4.84 Å². The van der Waals surface area contributed by atoms with Crippen molar-refractivity contribution < 1.29 is 27.0 Å². The Bertz CT molecular complexity index is 760. The van der Waals surface area contributed by atoms with E-state index in [0.717, 1.165) is 0 Å². The first-order chi connectivity index (χ1) is 11.4. The molecule has 2 aromatic rings. The smallest absolute Gasteiger partial charge is 0.406 e. The molecule has 0 spiro atoms. The second kappa shape index (κ2) is 6.66. The first-order valence-electron chi connectivity index (χ1n) is 6.88. The molecule has 0 bridgehead atoms. The highest BCUT2D eigenvalue weighted by atomic mass is 32.2. The first kappa shape index (κ1) is 16.5. The molecule has 0 fully saturated rings. The van der Waals surface area contributed by atoms with Crippen LogP contribution < -0.4 is 10.2 Å². The van der Waals surface area contributed by atoms with Crippen LogP contribution in [0.25, 0.3) is 0 Å². The van der Waals surface area contributed by atoms with E-state index in [-0.39, 0.29) is 5.75 Å². The number of halogens is 3. The summed E-state index contributed by atoms with van der Waals surface area (Å²) in [5.74, 6) is -0.311. The maximum absolute atomic E-state index is 12.4. The van der Waals surface area contributed by atoms with Gasteiger partial charge in [-0.3, -0.25) is 10.3 Å². The average Bonchev–Trinajstić information content (AvgIpc) is 3.04. The number of alkyl halides is 3. The molecule has 2 aromatic carbocycles. The van der Waals surface area contributed by atoms with E-state index in [1.807, 2.05) is 6.07 Å². The monoisotopic (exact) mass is 355 g/mol. The Labute approximate surface area is 138 Å². The normalized spacial score (nSPS) is 18.6. The van der Waals surface area contributed by atoms with Crippen LogP contribution in [0.5, 0.6) is 5.75 Å². The Morgan fingerprint density at radius 1 is 1.04 bits per heavy atom. The molecule has 0 saturated carbocycles. The van der Waals surface area contributed by atoms with E-state index >= 15 is 0 Å². The summed E-state index contributed by atoms with van der Waals surface area (Å²) in [5.41, 5.74) is 3.21. The highest BCUT2D eigenvalue weighted by Crippen LogP contribution is 2.29. The highest BCUT2D eigenvalue weighted by Gasteiger charge is 2.31. The molecule has 0 amide bonds. The van der Waals surface area contributed by atoms with Gasteiger partial charge in [-0.25, -0.2) is 4.21 Å². The fourth-order valence-electron chi connectivity index (χ4n) is 2.12. The predicted octanol–water partition coefficient (Wildman–Crippen LogP) is 3.81. The summed E-state index contributed by atoms with van der Waals surface area (Å²) >= 11 is 0. The lowest BCUT2D eigenvalue weighted by atomic mass is 10.1. The number of hydrogen-bond donors (Lipinski definition) is 1. The largest absolute Gasteiger partial charge is 0.573 e. The van der Waals surface area contributed by atoms with Crippen LogP contribution in [-0.4, -0.2) is 10.6 Å². The van der Waals surface area contributed by atoms with Gasteiger partial charge in [0.05, 0.1) is 0 Å². The van der Waals surface area contributed by atoms with Crippen LogP contribution in [0.3, 0.4) is 0 Å². The molecule has 3 rings (SSSR count). The van der Waals surface area contributed by atoms with Gasteiger partial charge in [-0.2, -0.15) is 0 Å². The molecule has 2 atom stereocenters. The summed E-state index contributed by atoms with van der Waals surface area (Å²) < 4.78 is 52.6. The molecule has 0 saturated heterocycles. The summed E-state index contributed by atoms with van der Waals surface area (Å²) in [7, 11) is -1.42. The first-order valence-corrected chi connectivity index (χ1v) is 8.03. The lowest BCUT2D eigenvalue weighted by molar-refractivity contribution is -0.274. The SMILES string of the molecule is O=S(C1=CC(c2ccc(OC(F)(F)F)cc2)ON1)c1ccccc1. The standard InChI is InChI=1S/C16H12F3NO3S/c17-16(18,19)22-12-8-6-11(7-9-12)14-10-15(20-23-14)24(21)13-4-2-1-3-5-13/h1-10,14,20H. The van der Waals surface area contributed by atoms with Crippen LogP contribution in [-0.2, 0) is 15.6 Å². The molecule has 1 aliphatic rings. The Kier molecular flexibility index (Phi) is 4.59. The van der Waals surface area contributed by atoms with E-state index in [9.17, 15) is 17.4 Å². The van der Waals surface area contributed by atoms with Gasteiger partial charge in [0.25, 0.3) is 0 Å². The van der Waals surface area contributed by atoms with Crippen LogP contribution in [0.15, 0.2) is 70.6 Å². The van der Waals surface area contributed by atoms with Crippen molar-refractivity contribution in [2.45, 2.75) is 17.4 Å². The predicted molar refractivity (Wildman–Crippen MR) is 81.0 cm³/mol. The zero-order valence-corrected chi connectivity index (χ0v) is 12.9. The molecule has 0 radical (unpaired) electrons. The molecular formula is C16H12F3NO3S. The minimum Gasteiger partial charge on any atom is -0.406 e. The molecule has 1 heterocycles. The number of nitrogens with one attached hydrogen (secondary N) is 1. The van der Waals surface area contributed by atoms with E-state index in [2.05, 4.69) is 10.2 Å². The number of benzene rings is 2. The quantitative estimate of drug-likeness (QED) is 0.906. The minimum atomic E-state index is -4.73. The molecule has 0 aromatic heterocycles. The van der Waals surface area contributed by atoms with Crippen molar-refractivity contribution in [1.82, 2.24) is 5.48 Å². The third-order valence-corrected chi connectivity index (χ3v) is 4.51. The molecule has 8 heteroatoms. The lowest BCUT2D eigenvalue weighted by Gasteiger charge is -2.11. The third kappa shape index (κ3) is 3.95. The van der Waals surface area contributed by atoms with Crippen LogP contribution in [0.2, 0.25) is 0 Å². The minimum absolute atomic E-state index is 0.311. The second-order valence-corrected chi connectivity index (χ2v) is 6.32. The van der Waals surface area contributed by atoms with Crippen LogP contribution in [0, 0.1) is 0 Å². The van der Waals surface area contributed by atoms with Crippen molar-refractivity contribution in [3.8, 4) is 5.75 Å². The van der Waals surface area contributed by atoms with E-state index < -0.39 is 23.3 Å². The van der Waals surface area contributed by atoms with Crippen molar-refractivity contribution >= 4 is 10.8 Å². The molecule has 2 unspecified atom stereocenters. The molecule has 1 aliphatic heterocycles. The van der Waals surface area contributed by atoms with Gasteiger partial charge in [-0.15, -0.1) is 13.2 Å². The summed E-state index contributed by atoms with van der Waals surface area (Å²) in [6.07, 6.45) is -3.65. The number of ether oxygens (including phenoxy) is 1. The highest BCUT2D eigenvalue weighted by molar-refractivity contribution is 7.89. The van der Waals surface area contributed by atoms with Crippen molar-refractivity contribution in [2.75, 3.05) is 0 Å². The molecule has 0 aliphatic carbocycles. The number of hydrogen-bond acceptors (Lipinski definition) is 4. The topological polar surface area (TPSA) is 47.6 Å². The molecule has 24 heavy (non-hydrogen) atoms. The zero-order chi connectivity index (χ0) is 17.2. The Balaban J connectivity index is 1.73. The number of hydroxylamine groups is 1.